The minimum Gasteiger partial charge on any atom is -0.435 e. The van der Waals surface area contributed by atoms with Crippen LogP contribution in [0.5, 0.6) is 5.75 Å². The van der Waals surface area contributed by atoms with E-state index in [9.17, 15) is 26.0 Å². The molecule has 0 heterocycles. The zero-order valence-corrected chi connectivity index (χ0v) is 13.2. The molecule has 0 saturated carbocycles. The summed E-state index contributed by atoms with van der Waals surface area (Å²) in [4.78, 5) is -0.712. The maximum atomic E-state index is 13.6. The fourth-order valence-electron chi connectivity index (χ4n) is 2.02. The minimum absolute atomic E-state index is 0.137. The highest BCUT2D eigenvalue weighted by atomic mass is 32.2. The summed E-state index contributed by atoms with van der Waals surface area (Å²) >= 11 is 0. The highest BCUT2D eigenvalue weighted by Crippen LogP contribution is 2.23. The van der Waals surface area contributed by atoms with Crippen LogP contribution in [0.15, 0.2) is 47.4 Å². The normalized spacial score (nSPS) is 13.1. The van der Waals surface area contributed by atoms with Crippen molar-refractivity contribution in [2.24, 2.45) is 0 Å². The molecule has 0 aliphatic carbocycles. The lowest BCUT2D eigenvalue weighted by atomic mass is 10.1. The van der Waals surface area contributed by atoms with Gasteiger partial charge in [0.2, 0.25) is 10.0 Å². The summed E-state index contributed by atoms with van der Waals surface area (Å²) in [7, 11) is -4.27. The number of rotatable bonds is 6. The van der Waals surface area contributed by atoms with E-state index >= 15 is 0 Å². The van der Waals surface area contributed by atoms with E-state index in [2.05, 4.69) is 9.46 Å². The summed E-state index contributed by atoms with van der Waals surface area (Å²) < 4.78 is 81.8. The van der Waals surface area contributed by atoms with Gasteiger partial charge in [0.25, 0.3) is 0 Å². The van der Waals surface area contributed by atoms with Gasteiger partial charge >= 0.3 is 6.61 Å². The zero-order valence-electron chi connectivity index (χ0n) is 12.3. The number of ether oxygens (including phenoxy) is 1. The van der Waals surface area contributed by atoms with Crippen LogP contribution in [-0.4, -0.2) is 15.0 Å². The van der Waals surface area contributed by atoms with Crippen molar-refractivity contribution >= 4 is 10.0 Å². The van der Waals surface area contributed by atoms with Gasteiger partial charge in [-0.1, -0.05) is 12.1 Å². The predicted octanol–water partition coefficient (Wildman–Crippen LogP) is 3.61. The minimum atomic E-state index is -4.27. The third-order valence-electron chi connectivity index (χ3n) is 3.10. The second-order valence-corrected chi connectivity index (χ2v) is 6.55. The average molecular weight is 363 g/mol. The number of hydrogen-bond acceptors (Lipinski definition) is 3. The van der Waals surface area contributed by atoms with E-state index in [1.54, 1.807) is 0 Å². The maximum Gasteiger partial charge on any atom is 0.387 e. The quantitative estimate of drug-likeness (QED) is 0.798. The molecule has 24 heavy (non-hydrogen) atoms. The highest BCUT2D eigenvalue weighted by Gasteiger charge is 2.22. The van der Waals surface area contributed by atoms with E-state index < -0.39 is 39.2 Å². The third-order valence-corrected chi connectivity index (χ3v) is 4.67. The Bertz CT molecular complexity index is 827. The largest absolute Gasteiger partial charge is 0.435 e. The lowest BCUT2D eigenvalue weighted by Gasteiger charge is -2.16. The van der Waals surface area contributed by atoms with Gasteiger partial charge in [-0.3, -0.25) is 0 Å². The van der Waals surface area contributed by atoms with E-state index in [0.29, 0.717) is 11.6 Å². The van der Waals surface area contributed by atoms with Crippen LogP contribution >= 0.6 is 0 Å². The smallest absolute Gasteiger partial charge is 0.387 e. The Morgan fingerprint density at radius 1 is 1.08 bits per heavy atom. The molecule has 4 nitrogen and oxygen atoms in total. The van der Waals surface area contributed by atoms with Crippen LogP contribution in [0, 0.1) is 11.6 Å². The van der Waals surface area contributed by atoms with Gasteiger partial charge in [-0.05, 0) is 36.8 Å². The summed E-state index contributed by atoms with van der Waals surface area (Å²) in [6, 6.07) is 6.65. The molecule has 0 saturated heterocycles. The molecule has 2 aromatic carbocycles. The number of sulfonamides is 1. The molecule has 2 aromatic rings. The Morgan fingerprint density at radius 2 is 1.79 bits per heavy atom. The summed E-state index contributed by atoms with van der Waals surface area (Å²) in [5, 5.41) is 0. The van der Waals surface area contributed by atoms with E-state index in [4.69, 9.17) is 0 Å². The number of alkyl halides is 2. The van der Waals surface area contributed by atoms with Crippen LogP contribution in [0.3, 0.4) is 0 Å². The lowest BCUT2D eigenvalue weighted by molar-refractivity contribution is -0.0499. The van der Waals surface area contributed by atoms with Crippen molar-refractivity contribution in [2.45, 2.75) is 24.5 Å². The standard InChI is InChI=1S/C15H13F4NO3S/c1-9(10-3-2-4-12(7-10)23-15(18)19)20-24(21,22)14-6-5-11(16)8-13(14)17/h2-9,15,20H,1H3. The molecule has 0 aromatic heterocycles. The highest BCUT2D eigenvalue weighted by molar-refractivity contribution is 7.89. The zero-order chi connectivity index (χ0) is 17.9. The van der Waals surface area contributed by atoms with E-state index in [-0.39, 0.29) is 5.75 Å². The van der Waals surface area contributed by atoms with Crippen molar-refractivity contribution in [1.29, 1.82) is 0 Å². The van der Waals surface area contributed by atoms with Crippen LogP contribution in [0.2, 0.25) is 0 Å². The van der Waals surface area contributed by atoms with Gasteiger partial charge in [0, 0.05) is 12.1 Å². The van der Waals surface area contributed by atoms with Crippen LogP contribution in [-0.2, 0) is 10.0 Å². The summed E-state index contributed by atoms with van der Waals surface area (Å²) in [6.45, 7) is -1.57. The Morgan fingerprint density at radius 3 is 2.42 bits per heavy atom. The summed E-state index contributed by atoms with van der Waals surface area (Å²) in [5.41, 5.74) is 0.333. The van der Waals surface area contributed by atoms with E-state index in [0.717, 1.165) is 12.1 Å². The molecule has 0 bridgehead atoms. The van der Waals surface area contributed by atoms with Gasteiger partial charge in [0.05, 0.1) is 0 Å². The molecule has 2 rings (SSSR count). The van der Waals surface area contributed by atoms with Gasteiger partial charge in [-0.2, -0.15) is 8.78 Å². The second kappa shape index (κ2) is 7.18. The van der Waals surface area contributed by atoms with Crippen molar-refractivity contribution in [3.63, 3.8) is 0 Å². The molecule has 1 unspecified atom stereocenters. The topological polar surface area (TPSA) is 55.4 Å². The van der Waals surface area contributed by atoms with Crippen LogP contribution in [0.4, 0.5) is 17.6 Å². The van der Waals surface area contributed by atoms with Crippen LogP contribution < -0.4 is 9.46 Å². The van der Waals surface area contributed by atoms with Crippen molar-refractivity contribution in [2.75, 3.05) is 0 Å². The van der Waals surface area contributed by atoms with Crippen molar-refractivity contribution < 1.29 is 30.7 Å². The summed E-state index contributed by atoms with van der Waals surface area (Å²) in [5.74, 6) is -2.28. The molecular formula is C15H13F4NO3S. The SMILES string of the molecule is CC(NS(=O)(=O)c1ccc(F)cc1F)c1cccc(OC(F)F)c1. The lowest BCUT2D eigenvalue weighted by Crippen LogP contribution is -2.27. The molecular weight excluding hydrogens is 350 g/mol. The first-order valence-electron chi connectivity index (χ1n) is 6.71. The molecule has 0 fully saturated rings. The second-order valence-electron chi connectivity index (χ2n) is 4.87. The molecule has 0 amide bonds. The van der Waals surface area contributed by atoms with Gasteiger partial charge in [0.15, 0.2) is 0 Å². The maximum absolute atomic E-state index is 13.6. The van der Waals surface area contributed by atoms with Crippen LogP contribution in [0.25, 0.3) is 0 Å². The first kappa shape index (κ1) is 18.2. The van der Waals surface area contributed by atoms with E-state index in [1.165, 1.54) is 31.2 Å². The number of hydrogen-bond donors (Lipinski definition) is 1. The van der Waals surface area contributed by atoms with Gasteiger partial charge in [0.1, 0.15) is 22.3 Å². The van der Waals surface area contributed by atoms with Gasteiger partial charge < -0.3 is 4.74 Å². The first-order valence-corrected chi connectivity index (χ1v) is 8.19. The Hall–Kier alpha value is -2.13. The molecule has 1 atom stereocenters. The molecule has 0 aliphatic heterocycles. The fourth-order valence-corrected chi connectivity index (χ4v) is 3.31. The molecule has 9 heteroatoms. The number of benzene rings is 2. The predicted molar refractivity (Wildman–Crippen MR) is 78.2 cm³/mol. The van der Waals surface area contributed by atoms with Gasteiger partial charge in [-0.25, -0.2) is 21.9 Å². The summed E-state index contributed by atoms with van der Waals surface area (Å²) in [6.07, 6.45) is 0. The number of halogens is 4. The average Bonchev–Trinajstić information content (AvgIpc) is 2.45. The Balaban J connectivity index is 2.23. The van der Waals surface area contributed by atoms with Crippen molar-refractivity contribution in [3.8, 4) is 5.75 Å². The van der Waals surface area contributed by atoms with Crippen molar-refractivity contribution in [3.05, 3.63) is 59.7 Å². The molecule has 0 aliphatic rings. The fraction of sp³-hybridized carbons (Fsp3) is 0.200. The first-order chi connectivity index (χ1) is 11.2. The Kier molecular flexibility index (Phi) is 5.45. The number of nitrogens with one attached hydrogen (secondary N) is 1. The molecule has 0 radical (unpaired) electrons. The van der Waals surface area contributed by atoms with Crippen molar-refractivity contribution in [1.82, 2.24) is 4.72 Å². The monoisotopic (exact) mass is 363 g/mol. The molecule has 130 valence electrons. The van der Waals surface area contributed by atoms with E-state index in [1.807, 2.05) is 0 Å². The van der Waals surface area contributed by atoms with Gasteiger partial charge in [-0.15, -0.1) is 0 Å². The molecule has 0 spiro atoms. The van der Waals surface area contributed by atoms with Crippen LogP contribution in [0.1, 0.15) is 18.5 Å². The molecule has 1 N–H and O–H groups in total. The third kappa shape index (κ3) is 4.45. The Labute approximate surface area is 136 Å².